The minimum absolute atomic E-state index is 0.121. The summed E-state index contributed by atoms with van der Waals surface area (Å²) >= 11 is 0. The molecule has 2 N–H and O–H groups in total. The van der Waals surface area contributed by atoms with Crippen molar-refractivity contribution in [1.29, 1.82) is 0 Å². The molecule has 7 heteroatoms. The van der Waals surface area contributed by atoms with Crippen LogP contribution >= 0.6 is 0 Å². The number of β-amino-alcohol motifs (C(OH)–C–C–N with tert-alkyl or cyclic N) is 1. The van der Waals surface area contributed by atoms with Crippen molar-refractivity contribution in [1.82, 2.24) is 25.2 Å². The maximum Gasteiger partial charge on any atom is 0.271 e. The SMILES string of the molecule is Cn1nncc1C(=O)NC[C@H]1C[C@H](O)CN1Cc1ccccc1. The molecular weight excluding hydrogens is 294 g/mol. The van der Waals surface area contributed by atoms with Gasteiger partial charge in [-0.25, -0.2) is 4.68 Å². The lowest BCUT2D eigenvalue weighted by molar-refractivity contribution is 0.0930. The molecular formula is C16H21N5O2. The Balaban J connectivity index is 1.59. The summed E-state index contributed by atoms with van der Waals surface area (Å²) in [5.74, 6) is -0.196. The second kappa shape index (κ2) is 6.89. The Morgan fingerprint density at radius 2 is 2.17 bits per heavy atom. The number of aliphatic hydroxyl groups excluding tert-OH is 1. The monoisotopic (exact) mass is 315 g/mol. The minimum Gasteiger partial charge on any atom is -0.392 e. The Labute approximate surface area is 134 Å². The Bertz CT molecular complexity index is 658. The van der Waals surface area contributed by atoms with Gasteiger partial charge in [-0.05, 0) is 12.0 Å². The van der Waals surface area contributed by atoms with Gasteiger partial charge in [0, 0.05) is 32.7 Å². The Hall–Kier alpha value is -2.25. The van der Waals surface area contributed by atoms with Crippen molar-refractivity contribution in [3.05, 3.63) is 47.8 Å². The number of carbonyl (C=O) groups excluding carboxylic acids is 1. The molecule has 0 radical (unpaired) electrons. The summed E-state index contributed by atoms with van der Waals surface area (Å²) in [5.41, 5.74) is 1.63. The van der Waals surface area contributed by atoms with E-state index >= 15 is 0 Å². The molecule has 0 saturated carbocycles. The van der Waals surface area contributed by atoms with Crippen molar-refractivity contribution in [2.75, 3.05) is 13.1 Å². The number of carbonyl (C=O) groups is 1. The van der Waals surface area contributed by atoms with Gasteiger partial charge in [0.05, 0.1) is 12.3 Å². The molecule has 23 heavy (non-hydrogen) atoms. The van der Waals surface area contributed by atoms with Crippen LogP contribution in [-0.2, 0) is 13.6 Å². The van der Waals surface area contributed by atoms with Crippen LogP contribution in [0.25, 0.3) is 0 Å². The van der Waals surface area contributed by atoms with Crippen LogP contribution in [0.2, 0.25) is 0 Å². The highest BCUT2D eigenvalue weighted by molar-refractivity contribution is 5.92. The number of aryl methyl sites for hydroxylation is 1. The van der Waals surface area contributed by atoms with E-state index < -0.39 is 0 Å². The average molecular weight is 315 g/mol. The molecule has 0 bridgehead atoms. The number of rotatable bonds is 5. The molecule has 1 aliphatic rings. The molecule has 1 amide bonds. The maximum atomic E-state index is 12.1. The van der Waals surface area contributed by atoms with E-state index in [1.54, 1.807) is 7.05 Å². The van der Waals surface area contributed by atoms with Crippen molar-refractivity contribution in [2.24, 2.45) is 7.05 Å². The third-order valence-corrected chi connectivity index (χ3v) is 4.18. The molecule has 0 spiro atoms. The van der Waals surface area contributed by atoms with E-state index in [4.69, 9.17) is 0 Å². The van der Waals surface area contributed by atoms with E-state index in [0.717, 1.165) is 6.54 Å². The second-order valence-electron chi connectivity index (χ2n) is 5.91. The number of hydrogen-bond donors (Lipinski definition) is 2. The Morgan fingerprint density at radius 3 is 2.87 bits per heavy atom. The molecule has 1 fully saturated rings. The van der Waals surface area contributed by atoms with Crippen molar-refractivity contribution in [3.8, 4) is 0 Å². The number of aromatic nitrogens is 3. The van der Waals surface area contributed by atoms with Gasteiger partial charge >= 0.3 is 0 Å². The number of amides is 1. The van der Waals surface area contributed by atoms with E-state index in [2.05, 4.69) is 32.7 Å². The van der Waals surface area contributed by atoms with E-state index in [1.807, 2.05) is 18.2 Å². The van der Waals surface area contributed by atoms with Crippen molar-refractivity contribution in [3.63, 3.8) is 0 Å². The van der Waals surface area contributed by atoms with Gasteiger partial charge in [-0.1, -0.05) is 35.5 Å². The first kappa shape index (κ1) is 15.6. The fourth-order valence-electron chi connectivity index (χ4n) is 2.98. The number of nitrogens with zero attached hydrogens (tertiary/aromatic N) is 4. The lowest BCUT2D eigenvalue weighted by Gasteiger charge is -2.24. The summed E-state index contributed by atoms with van der Waals surface area (Å²) in [4.78, 5) is 14.3. The summed E-state index contributed by atoms with van der Waals surface area (Å²) in [6, 6.07) is 10.3. The quantitative estimate of drug-likeness (QED) is 0.822. The van der Waals surface area contributed by atoms with E-state index in [1.165, 1.54) is 16.4 Å². The van der Waals surface area contributed by atoms with Crippen LogP contribution in [-0.4, -0.2) is 56.1 Å². The van der Waals surface area contributed by atoms with Crippen molar-refractivity contribution in [2.45, 2.75) is 25.1 Å². The van der Waals surface area contributed by atoms with Gasteiger partial charge in [0.15, 0.2) is 0 Å². The smallest absolute Gasteiger partial charge is 0.271 e. The normalized spacial score (nSPS) is 21.5. The predicted octanol–water partition coefficient (Wildman–Crippen LogP) is 0.180. The number of hydrogen-bond acceptors (Lipinski definition) is 5. The van der Waals surface area contributed by atoms with Crippen LogP contribution in [0.4, 0.5) is 0 Å². The fraction of sp³-hybridized carbons (Fsp3) is 0.438. The van der Waals surface area contributed by atoms with Crippen LogP contribution in [0.3, 0.4) is 0 Å². The topological polar surface area (TPSA) is 83.3 Å². The average Bonchev–Trinajstić information content (AvgIpc) is 3.12. The highest BCUT2D eigenvalue weighted by Gasteiger charge is 2.31. The zero-order valence-electron chi connectivity index (χ0n) is 13.1. The van der Waals surface area contributed by atoms with Gasteiger partial charge in [0.25, 0.3) is 5.91 Å². The first-order valence-electron chi connectivity index (χ1n) is 7.72. The highest BCUT2D eigenvalue weighted by Crippen LogP contribution is 2.20. The standard InChI is InChI=1S/C16H21N5O2/c1-20-15(9-18-19-20)16(23)17-8-13-7-14(22)11-21(13)10-12-5-3-2-4-6-12/h2-6,9,13-14,22H,7-8,10-11H2,1H3,(H,17,23)/t13-,14+/m1/s1. The first-order chi connectivity index (χ1) is 11.1. The molecule has 1 saturated heterocycles. The lowest BCUT2D eigenvalue weighted by atomic mass is 10.1. The molecule has 0 unspecified atom stereocenters. The first-order valence-corrected chi connectivity index (χ1v) is 7.72. The molecule has 1 aliphatic heterocycles. The Kier molecular flexibility index (Phi) is 4.68. The van der Waals surface area contributed by atoms with E-state index in [-0.39, 0.29) is 18.1 Å². The van der Waals surface area contributed by atoms with E-state index in [0.29, 0.717) is 25.2 Å². The molecule has 1 aromatic heterocycles. The zero-order chi connectivity index (χ0) is 16.2. The molecule has 2 atom stereocenters. The van der Waals surface area contributed by atoms with Crippen molar-refractivity contribution < 1.29 is 9.90 Å². The summed E-state index contributed by atoms with van der Waals surface area (Å²) in [6.07, 6.45) is 1.76. The molecule has 2 heterocycles. The van der Waals surface area contributed by atoms with E-state index in [9.17, 15) is 9.90 Å². The third kappa shape index (κ3) is 3.75. The van der Waals surface area contributed by atoms with Gasteiger partial charge in [-0.3, -0.25) is 9.69 Å². The number of nitrogens with one attached hydrogen (secondary N) is 1. The number of likely N-dealkylation sites (tertiary alicyclic amines) is 1. The summed E-state index contributed by atoms with van der Waals surface area (Å²) in [7, 11) is 1.68. The van der Waals surface area contributed by atoms with Crippen LogP contribution in [0.1, 0.15) is 22.5 Å². The van der Waals surface area contributed by atoms with Crippen LogP contribution < -0.4 is 5.32 Å². The largest absolute Gasteiger partial charge is 0.392 e. The number of aliphatic hydroxyl groups is 1. The molecule has 122 valence electrons. The van der Waals surface area contributed by atoms with Gasteiger partial charge in [-0.15, -0.1) is 5.10 Å². The summed E-state index contributed by atoms with van der Waals surface area (Å²) in [5, 5.41) is 20.3. The number of benzene rings is 1. The van der Waals surface area contributed by atoms with Crippen LogP contribution in [0, 0.1) is 0 Å². The zero-order valence-corrected chi connectivity index (χ0v) is 13.1. The molecule has 0 aliphatic carbocycles. The molecule has 7 nitrogen and oxygen atoms in total. The third-order valence-electron chi connectivity index (χ3n) is 4.18. The molecule has 2 aromatic rings. The van der Waals surface area contributed by atoms with Gasteiger partial charge in [-0.2, -0.15) is 0 Å². The van der Waals surface area contributed by atoms with Crippen molar-refractivity contribution >= 4 is 5.91 Å². The molecule has 1 aromatic carbocycles. The second-order valence-corrected chi connectivity index (χ2v) is 5.91. The summed E-state index contributed by atoms with van der Waals surface area (Å²) < 4.78 is 1.45. The fourth-order valence-corrected chi connectivity index (χ4v) is 2.98. The highest BCUT2D eigenvalue weighted by atomic mass is 16.3. The van der Waals surface area contributed by atoms with Crippen LogP contribution in [0.15, 0.2) is 36.5 Å². The van der Waals surface area contributed by atoms with Gasteiger partial charge in [0.2, 0.25) is 0 Å². The Morgan fingerprint density at radius 1 is 1.39 bits per heavy atom. The van der Waals surface area contributed by atoms with Gasteiger partial charge < -0.3 is 10.4 Å². The maximum absolute atomic E-state index is 12.1. The minimum atomic E-state index is -0.348. The van der Waals surface area contributed by atoms with Gasteiger partial charge in [0.1, 0.15) is 5.69 Å². The lowest BCUT2D eigenvalue weighted by Crippen LogP contribution is -2.40. The predicted molar refractivity (Wildman–Crippen MR) is 84.6 cm³/mol. The van der Waals surface area contributed by atoms with Crippen LogP contribution in [0.5, 0.6) is 0 Å². The molecule has 3 rings (SSSR count). The summed E-state index contributed by atoms with van der Waals surface area (Å²) in [6.45, 7) is 1.89.